The van der Waals surface area contributed by atoms with Crippen LogP contribution in [-0.2, 0) is 9.84 Å². The lowest BCUT2D eigenvalue weighted by atomic mass is 10.1. The molecule has 0 aliphatic rings. The highest BCUT2D eigenvalue weighted by atomic mass is 32.2. The molecule has 0 aromatic rings. The largest absolute Gasteiger partial charge is 0.271 e. The fourth-order valence-corrected chi connectivity index (χ4v) is 1.63. The number of hydrazine groups is 1. The quantitative estimate of drug-likeness (QED) is 0.392. The van der Waals surface area contributed by atoms with Crippen molar-refractivity contribution in [3.63, 3.8) is 0 Å². The Balaban J connectivity index is 4.71. The molecule has 2 atom stereocenters. The first-order valence-corrected chi connectivity index (χ1v) is 6.04. The van der Waals surface area contributed by atoms with Gasteiger partial charge in [-0.2, -0.15) is 0 Å². The summed E-state index contributed by atoms with van der Waals surface area (Å²) in [6.07, 6.45) is 3.02. The summed E-state index contributed by atoms with van der Waals surface area (Å²) >= 11 is 0. The van der Waals surface area contributed by atoms with Crippen LogP contribution in [0.5, 0.6) is 0 Å². The number of allylic oxidation sites excluding steroid dienone is 1. The van der Waals surface area contributed by atoms with E-state index in [0.29, 0.717) is 0 Å². The average molecular weight is 206 g/mol. The maximum Gasteiger partial charge on any atom is 0.151 e. The van der Waals surface area contributed by atoms with E-state index in [9.17, 15) is 8.42 Å². The molecular weight excluding hydrogens is 188 g/mol. The third kappa shape index (κ3) is 4.40. The molecule has 0 saturated heterocycles. The van der Waals surface area contributed by atoms with Gasteiger partial charge in [-0.3, -0.25) is 11.3 Å². The molecule has 0 aliphatic carbocycles. The van der Waals surface area contributed by atoms with Crippen LogP contribution in [0.4, 0.5) is 0 Å². The van der Waals surface area contributed by atoms with E-state index in [-0.39, 0.29) is 6.04 Å². The molecule has 0 aromatic carbocycles. The minimum absolute atomic E-state index is 0.319. The van der Waals surface area contributed by atoms with Crippen molar-refractivity contribution in [3.05, 3.63) is 11.6 Å². The zero-order valence-corrected chi connectivity index (χ0v) is 9.35. The Kier molecular flexibility index (Phi) is 4.60. The third-order valence-corrected chi connectivity index (χ3v) is 3.53. The predicted octanol–water partition coefficient (Wildman–Crippen LogP) is 0.218. The molecule has 5 heteroatoms. The molecule has 0 spiro atoms. The van der Waals surface area contributed by atoms with Crippen molar-refractivity contribution in [2.75, 3.05) is 6.26 Å². The summed E-state index contributed by atoms with van der Waals surface area (Å²) in [5.74, 6) is 5.26. The highest BCUT2D eigenvalue weighted by Crippen LogP contribution is 2.07. The predicted molar refractivity (Wildman–Crippen MR) is 54.8 cm³/mol. The molecule has 0 aliphatic heterocycles. The second kappa shape index (κ2) is 4.74. The number of hydrogen-bond donors (Lipinski definition) is 2. The summed E-state index contributed by atoms with van der Waals surface area (Å²) in [6, 6.07) is -0.319. The number of hydrogen-bond acceptors (Lipinski definition) is 4. The number of nitrogens with two attached hydrogens (primary N) is 1. The topological polar surface area (TPSA) is 72.2 Å². The molecular formula is C8H18N2O2S. The van der Waals surface area contributed by atoms with Gasteiger partial charge in [-0.25, -0.2) is 8.42 Å². The van der Waals surface area contributed by atoms with Crippen LogP contribution in [0.15, 0.2) is 11.6 Å². The van der Waals surface area contributed by atoms with Crippen molar-refractivity contribution in [1.82, 2.24) is 5.43 Å². The highest BCUT2D eigenvalue weighted by molar-refractivity contribution is 7.91. The minimum Gasteiger partial charge on any atom is -0.271 e. The van der Waals surface area contributed by atoms with Crippen LogP contribution in [0, 0.1) is 0 Å². The summed E-state index contributed by atoms with van der Waals surface area (Å²) in [5.41, 5.74) is 3.52. The van der Waals surface area contributed by atoms with Gasteiger partial charge in [-0.1, -0.05) is 11.6 Å². The Labute approximate surface area is 80.1 Å². The molecule has 0 aromatic heterocycles. The van der Waals surface area contributed by atoms with Gasteiger partial charge in [0.25, 0.3) is 0 Å². The smallest absolute Gasteiger partial charge is 0.151 e. The molecule has 0 rings (SSSR count). The second-order valence-corrected chi connectivity index (χ2v) is 5.87. The first-order chi connectivity index (χ1) is 5.79. The highest BCUT2D eigenvalue weighted by Gasteiger charge is 2.22. The maximum absolute atomic E-state index is 11.2. The van der Waals surface area contributed by atoms with E-state index < -0.39 is 15.1 Å². The van der Waals surface area contributed by atoms with Crippen molar-refractivity contribution in [1.29, 1.82) is 0 Å². The van der Waals surface area contributed by atoms with Gasteiger partial charge in [-0.05, 0) is 20.8 Å². The van der Waals surface area contributed by atoms with Crippen LogP contribution >= 0.6 is 0 Å². The Morgan fingerprint density at radius 2 is 1.92 bits per heavy atom. The molecule has 3 N–H and O–H groups in total. The van der Waals surface area contributed by atoms with E-state index in [0.717, 1.165) is 5.57 Å². The molecule has 0 heterocycles. The van der Waals surface area contributed by atoms with Crippen LogP contribution in [0.1, 0.15) is 20.8 Å². The summed E-state index contributed by atoms with van der Waals surface area (Å²) in [6.45, 7) is 5.44. The normalized spacial score (nSPS) is 16.4. The number of nitrogens with one attached hydrogen (secondary N) is 1. The maximum atomic E-state index is 11.2. The van der Waals surface area contributed by atoms with Gasteiger partial charge >= 0.3 is 0 Å². The SMILES string of the molecule is CC(C)=CC(NN)C(C)S(C)(=O)=O. The molecule has 4 nitrogen and oxygen atoms in total. The summed E-state index contributed by atoms with van der Waals surface area (Å²) in [4.78, 5) is 0. The van der Waals surface area contributed by atoms with Gasteiger partial charge in [0.1, 0.15) is 0 Å². The number of sulfone groups is 1. The monoisotopic (exact) mass is 206 g/mol. The molecule has 0 fully saturated rings. The minimum atomic E-state index is -3.05. The van der Waals surface area contributed by atoms with Crippen LogP contribution in [0.25, 0.3) is 0 Å². The van der Waals surface area contributed by atoms with Gasteiger partial charge in [0, 0.05) is 6.26 Å². The van der Waals surface area contributed by atoms with Gasteiger partial charge in [0.2, 0.25) is 0 Å². The first kappa shape index (κ1) is 12.6. The van der Waals surface area contributed by atoms with Crippen molar-refractivity contribution in [2.24, 2.45) is 5.84 Å². The van der Waals surface area contributed by atoms with Crippen LogP contribution < -0.4 is 11.3 Å². The van der Waals surface area contributed by atoms with Crippen LogP contribution in [0.2, 0.25) is 0 Å². The van der Waals surface area contributed by atoms with E-state index in [1.54, 1.807) is 6.92 Å². The Bertz CT molecular complexity index is 279. The second-order valence-electron chi connectivity index (χ2n) is 3.47. The van der Waals surface area contributed by atoms with E-state index in [4.69, 9.17) is 5.84 Å². The van der Waals surface area contributed by atoms with E-state index >= 15 is 0 Å². The van der Waals surface area contributed by atoms with Crippen molar-refractivity contribution < 1.29 is 8.42 Å². The molecule has 0 radical (unpaired) electrons. The van der Waals surface area contributed by atoms with Crippen LogP contribution in [-0.4, -0.2) is 26.0 Å². The average Bonchev–Trinajstić information content (AvgIpc) is 1.96. The molecule has 0 amide bonds. The zero-order valence-electron chi connectivity index (χ0n) is 8.53. The fourth-order valence-electron chi connectivity index (χ4n) is 0.945. The Morgan fingerprint density at radius 1 is 1.46 bits per heavy atom. The third-order valence-electron chi connectivity index (χ3n) is 1.89. The van der Waals surface area contributed by atoms with Crippen molar-refractivity contribution in [2.45, 2.75) is 32.1 Å². The fraction of sp³-hybridized carbons (Fsp3) is 0.750. The lowest BCUT2D eigenvalue weighted by Gasteiger charge is -2.18. The zero-order chi connectivity index (χ0) is 10.6. The van der Waals surface area contributed by atoms with Gasteiger partial charge in [0.05, 0.1) is 11.3 Å². The Morgan fingerprint density at radius 3 is 2.15 bits per heavy atom. The van der Waals surface area contributed by atoms with E-state index in [1.807, 2.05) is 19.9 Å². The molecule has 0 saturated carbocycles. The standard InChI is InChI=1S/C8H18N2O2S/c1-6(2)5-8(10-9)7(3)13(4,11)12/h5,7-8,10H,9H2,1-4H3. The van der Waals surface area contributed by atoms with E-state index in [1.165, 1.54) is 6.26 Å². The first-order valence-electron chi connectivity index (χ1n) is 4.09. The molecule has 2 unspecified atom stereocenters. The lowest BCUT2D eigenvalue weighted by molar-refractivity contribution is 0.549. The van der Waals surface area contributed by atoms with Crippen molar-refractivity contribution >= 4 is 9.84 Å². The number of rotatable bonds is 4. The summed E-state index contributed by atoms with van der Waals surface area (Å²) in [7, 11) is -3.05. The van der Waals surface area contributed by atoms with Gasteiger partial charge in [0.15, 0.2) is 9.84 Å². The molecule has 13 heavy (non-hydrogen) atoms. The molecule has 78 valence electrons. The summed E-state index contributed by atoms with van der Waals surface area (Å²) < 4.78 is 22.4. The van der Waals surface area contributed by atoms with Crippen molar-refractivity contribution in [3.8, 4) is 0 Å². The lowest BCUT2D eigenvalue weighted by Crippen LogP contribution is -2.44. The molecule has 0 bridgehead atoms. The van der Waals surface area contributed by atoms with Crippen LogP contribution in [0.3, 0.4) is 0 Å². The summed E-state index contributed by atoms with van der Waals surface area (Å²) in [5, 5.41) is -0.507. The van der Waals surface area contributed by atoms with Gasteiger partial charge in [-0.15, -0.1) is 0 Å². The van der Waals surface area contributed by atoms with E-state index in [2.05, 4.69) is 5.43 Å². The Hall–Kier alpha value is -0.390. The van der Waals surface area contributed by atoms with Gasteiger partial charge < -0.3 is 0 Å².